The van der Waals surface area contributed by atoms with Gasteiger partial charge in [0.2, 0.25) is 5.91 Å². The summed E-state index contributed by atoms with van der Waals surface area (Å²) in [5.74, 6) is 0.202. The van der Waals surface area contributed by atoms with Crippen LogP contribution >= 0.6 is 23.4 Å². The molecule has 9 heteroatoms. The van der Waals surface area contributed by atoms with Crippen molar-refractivity contribution in [2.75, 3.05) is 25.4 Å². The van der Waals surface area contributed by atoms with E-state index >= 15 is 0 Å². The number of nitrogens with zero attached hydrogens (tertiary/aromatic N) is 4. The third-order valence-corrected chi connectivity index (χ3v) is 6.33. The number of ether oxygens (including phenoxy) is 1. The summed E-state index contributed by atoms with van der Waals surface area (Å²) in [6.45, 7) is 6.16. The molecule has 0 spiro atoms. The first kappa shape index (κ1) is 22.8. The van der Waals surface area contributed by atoms with E-state index in [9.17, 15) is 4.79 Å². The minimum absolute atomic E-state index is 0.0527. The third-order valence-electron chi connectivity index (χ3n) is 5.15. The Kier molecular flexibility index (Phi) is 7.81. The van der Waals surface area contributed by atoms with Crippen LogP contribution in [0.25, 0.3) is 5.69 Å². The van der Waals surface area contributed by atoms with E-state index in [-0.39, 0.29) is 17.8 Å². The molecule has 3 aromatic rings. The van der Waals surface area contributed by atoms with Crippen LogP contribution in [0.1, 0.15) is 18.1 Å². The molecule has 1 unspecified atom stereocenters. The Morgan fingerprint density at radius 1 is 1.25 bits per heavy atom. The summed E-state index contributed by atoms with van der Waals surface area (Å²) in [6, 6.07) is 15.8. The maximum atomic E-state index is 12.4. The lowest BCUT2D eigenvalue weighted by Crippen LogP contribution is -2.40. The van der Waals surface area contributed by atoms with Crippen molar-refractivity contribution in [3.8, 4) is 5.69 Å². The first-order chi connectivity index (χ1) is 15.6. The molecule has 1 N–H and O–H groups in total. The van der Waals surface area contributed by atoms with Gasteiger partial charge in [0.05, 0.1) is 24.2 Å². The van der Waals surface area contributed by atoms with Crippen molar-refractivity contribution >= 4 is 29.3 Å². The van der Waals surface area contributed by atoms with Gasteiger partial charge in [0.1, 0.15) is 6.33 Å². The van der Waals surface area contributed by atoms with Crippen LogP contribution in [0.5, 0.6) is 0 Å². The molecule has 0 bridgehead atoms. The Labute approximate surface area is 197 Å². The summed E-state index contributed by atoms with van der Waals surface area (Å²) >= 11 is 7.42. The molecule has 1 amide bonds. The highest BCUT2D eigenvalue weighted by Crippen LogP contribution is 2.21. The van der Waals surface area contributed by atoms with Crippen molar-refractivity contribution in [3.05, 3.63) is 71.0 Å². The Morgan fingerprint density at radius 3 is 2.94 bits per heavy atom. The lowest BCUT2D eigenvalue weighted by molar-refractivity contribution is -0.118. The molecule has 1 atom stereocenters. The second-order valence-corrected chi connectivity index (χ2v) is 9.14. The number of hydrogen-bond acceptors (Lipinski definition) is 6. The molecular formula is C23H26ClN5O2S. The molecule has 168 valence electrons. The smallest absolute Gasteiger partial charge is 0.230 e. The normalized spacial score (nSPS) is 16.8. The van der Waals surface area contributed by atoms with Gasteiger partial charge in [-0.05, 0) is 36.2 Å². The zero-order valence-corrected chi connectivity index (χ0v) is 19.5. The number of morpholine rings is 1. The lowest BCUT2D eigenvalue weighted by atomic mass is 10.1. The highest BCUT2D eigenvalue weighted by Gasteiger charge is 2.16. The van der Waals surface area contributed by atoms with Crippen LogP contribution in [0.15, 0.2) is 60.0 Å². The predicted molar refractivity (Wildman–Crippen MR) is 126 cm³/mol. The number of carbonyl (C=O) groups excluding carboxylic acids is 1. The number of benzene rings is 2. The van der Waals surface area contributed by atoms with E-state index in [4.69, 9.17) is 16.3 Å². The minimum Gasteiger partial charge on any atom is -0.376 e. The summed E-state index contributed by atoms with van der Waals surface area (Å²) < 4.78 is 7.43. The standard InChI is InChI=1S/C23H26ClN5O2S/c1-17-13-28(8-9-31-17)14-19-5-2-4-18(10-19)12-25-22(30)15-32-23-27-26-16-29(23)21-7-3-6-20(24)11-21/h2-7,10-11,16-17H,8-9,12-15H2,1H3,(H,25,30). The van der Waals surface area contributed by atoms with E-state index in [0.29, 0.717) is 16.7 Å². The number of hydrogen-bond donors (Lipinski definition) is 1. The van der Waals surface area contributed by atoms with Crippen LogP contribution in [0.3, 0.4) is 0 Å². The van der Waals surface area contributed by atoms with Crippen molar-refractivity contribution in [2.45, 2.75) is 31.3 Å². The molecule has 1 aliphatic rings. The zero-order chi connectivity index (χ0) is 22.3. The van der Waals surface area contributed by atoms with Gasteiger partial charge >= 0.3 is 0 Å². The van der Waals surface area contributed by atoms with Crippen molar-refractivity contribution in [2.24, 2.45) is 0 Å². The minimum atomic E-state index is -0.0527. The van der Waals surface area contributed by atoms with Gasteiger partial charge in [-0.2, -0.15) is 0 Å². The van der Waals surface area contributed by atoms with Crippen LogP contribution in [0, 0.1) is 0 Å². The summed E-state index contributed by atoms with van der Waals surface area (Å²) in [6.07, 6.45) is 1.89. The van der Waals surface area contributed by atoms with Gasteiger partial charge in [-0.3, -0.25) is 14.3 Å². The zero-order valence-electron chi connectivity index (χ0n) is 17.9. The van der Waals surface area contributed by atoms with Gasteiger partial charge in [0.15, 0.2) is 5.16 Å². The van der Waals surface area contributed by atoms with E-state index in [1.807, 2.05) is 41.0 Å². The lowest BCUT2D eigenvalue weighted by Gasteiger charge is -2.31. The Bertz CT molecular complexity index is 1060. The van der Waals surface area contributed by atoms with Crippen LogP contribution in [0.4, 0.5) is 0 Å². The van der Waals surface area contributed by atoms with Crippen molar-refractivity contribution in [1.82, 2.24) is 25.0 Å². The van der Waals surface area contributed by atoms with E-state index in [0.717, 1.165) is 37.5 Å². The van der Waals surface area contributed by atoms with Gasteiger partial charge in [-0.25, -0.2) is 0 Å². The average Bonchev–Trinajstić information content (AvgIpc) is 3.25. The first-order valence-corrected chi connectivity index (χ1v) is 11.9. The van der Waals surface area contributed by atoms with Gasteiger partial charge in [0, 0.05) is 31.2 Å². The molecular weight excluding hydrogens is 446 g/mol. The van der Waals surface area contributed by atoms with Crippen LogP contribution in [0.2, 0.25) is 5.02 Å². The number of amides is 1. The average molecular weight is 472 g/mol. The molecule has 0 aliphatic carbocycles. The molecule has 1 aliphatic heterocycles. The van der Waals surface area contributed by atoms with Gasteiger partial charge in [-0.15, -0.1) is 10.2 Å². The van der Waals surface area contributed by atoms with Crippen LogP contribution < -0.4 is 5.32 Å². The summed E-state index contributed by atoms with van der Waals surface area (Å²) in [5.41, 5.74) is 3.19. The highest BCUT2D eigenvalue weighted by atomic mass is 35.5. The molecule has 1 saturated heterocycles. The predicted octanol–water partition coefficient (Wildman–Crippen LogP) is 3.55. The Hall–Kier alpha value is -2.39. The fraction of sp³-hybridized carbons (Fsp3) is 0.348. The molecule has 1 aromatic heterocycles. The fourth-order valence-electron chi connectivity index (χ4n) is 3.64. The number of aromatic nitrogens is 3. The second-order valence-electron chi connectivity index (χ2n) is 7.77. The molecule has 0 radical (unpaired) electrons. The summed E-state index contributed by atoms with van der Waals surface area (Å²) in [5, 5.41) is 12.4. The van der Waals surface area contributed by atoms with E-state index in [1.54, 1.807) is 6.33 Å². The van der Waals surface area contributed by atoms with Gasteiger partial charge in [0.25, 0.3) is 0 Å². The molecule has 1 fully saturated rings. The maximum absolute atomic E-state index is 12.4. The number of rotatable bonds is 8. The van der Waals surface area contributed by atoms with E-state index in [1.165, 1.54) is 17.3 Å². The second kappa shape index (κ2) is 11.0. The van der Waals surface area contributed by atoms with Gasteiger partial charge < -0.3 is 10.1 Å². The quantitative estimate of drug-likeness (QED) is 0.506. The molecule has 7 nitrogen and oxygen atoms in total. The van der Waals surface area contributed by atoms with Crippen molar-refractivity contribution in [3.63, 3.8) is 0 Å². The SMILES string of the molecule is CC1CN(Cc2cccc(CNC(=O)CSc3nncn3-c3cccc(Cl)c3)c2)CCO1. The van der Waals surface area contributed by atoms with Crippen LogP contribution in [-0.2, 0) is 22.6 Å². The number of nitrogens with one attached hydrogen (secondary N) is 1. The monoisotopic (exact) mass is 471 g/mol. The highest BCUT2D eigenvalue weighted by molar-refractivity contribution is 7.99. The van der Waals surface area contributed by atoms with Crippen LogP contribution in [-0.4, -0.2) is 57.1 Å². The fourth-order valence-corrected chi connectivity index (χ4v) is 4.58. The molecule has 2 aromatic carbocycles. The third kappa shape index (κ3) is 6.32. The van der Waals surface area contributed by atoms with E-state index in [2.05, 4.69) is 39.5 Å². The number of halogens is 1. The summed E-state index contributed by atoms with van der Waals surface area (Å²) in [7, 11) is 0. The number of carbonyl (C=O) groups is 1. The van der Waals surface area contributed by atoms with E-state index < -0.39 is 0 Å². The van der Waals surface area contributed by atoms with Gasteiger partial charge in [-0.1, -0.05) is 53.7 Å². The first-order valence-electron chi connectivity index (χ1n) is 10.5. The largest absolute Gasteiger partial charge is 0.376 e. The summed E-state index contributed by atoms with van der Waals surface area (Å²) in [4.78, 5) is 14.8. The van der Waals surface area contributed by atoms with Crippen molar-refractivity contribution < 1.29 is 9.53 Å². The molecule has 32 heavy (non-hydrogen) atoms. The van der Waals surface area contributed by atoms with Crippen molar-refractivity contribution in [1.29, 1.82) is 0 Å². The number of thioether (sulfide) groups is 1. The topological polar surface area (TPSA) is 72.3 Å². The molecule has 2 heterocycles. The molecule has 4 rings (SSSR count). The molecule has 0 saturated carbocycles. The Morgan fingerprint density at radius 2 is 2.09 bits per heavy atom. The Balaban J connectivity index is 1.27. The maximum Gasteiger partial charge on any atom is 0.230 e.